The van der Waals surface area contributed by atoms with Gasteiger partial charge in [0.1, 0.15) is 17.6 Å². The van der Waals surface area contributed by atoms with Crippen LogP contribution < -0.4 is 14.2 Å². The molecule has 210 valence electrons. The Morgan fingerprint density at radius 1 is 1.15 bits per heavy atom. The predicted octanol–water partition coefficient (Wildman–Crippen LogP) is 4.82. The van der Waals surface area contributed by atoms with Gasteiger partial charge in [0.25, 0.3) is 11.7 Å². The molecule has 2 heterocycles. The number of benzene rings is 2. The van der Waals surface area contributed by atoms with Crippen molar-refractivity contribution in [1.82, 2.24) is 9.80 Å². The van der Waals surface area contributed by atoms with Crippen LogP contribution in [0.2, 0.25) is 0 Å². The van der Waals surface area contributed by atoms with E-state index in [-0.39, 0.29) is 17.4 Å². The van der Waals surface area contributed by atoms with E-state index in [2.05, 4.69) is 13.8 Å². The minimum absolute atomic E-state index is 0.0495. The lowest BCUT2D eigenvalue weighted by Gasteiger charge is -2.26. The first kappa shape index (κ1) is 28.5. The first-order valence-electron chi connectivity index (χ1n) is 13.6. The number of Topliss-reactive ketones (excluding diaryl/α,β-unsaturated/α-hetero) is 1. The summed E-state index contributed by atoms with van der Waals surface area (Å²) in [5, 5.41) is 11.5. The van der Waals surface area contributed by atoms with Crippen LogP contribution in [0.15, 0.2) is 42.0 Å². The second kappa shape index (κ2) is 12.1. The maximum absolute atomic E-state index is 13.4. The first-order chi connectivity index (χ1) is 18.6. The quantitative estimate of drug-likeness (QED) is 0.250. The minimum atomic E-state index is -0.755. The van der Waals surface area contributed by atoms with Crippen LogP contribution in [-0.4, -0.2) is 73.6 Å². The highest BCUT2D eigenvalue weighted by atomic mass is 16.5. The standard InChI is InChI=1S/C31H40N2O6/c1-19(2)12-15-38-25-11-8-21(18-26(25)37-6)28-27(30(35)31(36)33(28)14-7-13-32(4)5)29(34)22-9-10-24-23(17-22)16-20(3)39-24/h8-11,17-20,28,34H,7,12-16H2,1-6H3. The molecule has 2 unspecified atom stereocenters. The molecule has 1 N–H and O–H groups in total. The topological polar surface area (TPSA) is 88.5 Å². The number of nitrogens with zero attached hydrogens (tertiary/aromatic N) is 2. The lowest BCUT2D eigenvalue weighted by Crippen LogP contribution is -2.32. The fourth-order valence-electron chi connectivity index (χ4n) is 5.12. The molecule has 0 bridgehead atoms. The van der Waals surface area contributed by atoms with Gasteiger partial charge in [-0.2, -0.15) is 0 Å². The third-order valence-electron chi connectivity index (χ3n) is 7.17. The van der Waals surface area contributed by atoms with E-state index in [0.29, 0.717) is 54.5 Å². The zero-order valence-electron chi connectivity index (χ0n) is 23.8. The maximum Gasteiger partial charge on any atom is 0.295 e. The largest absolute Gasteiger partial charge is 0.507 e. The molecule has 39 heavy (non-hydrogen) atoms. The van der Waals surface area contributed by atoms with Crippen molar-refractivity contribution in [1.29, 1.82) is 0 Å². The lowest BCUT2D eigenvalue weighted by molar-refractivity contribution is -0.139. The van der Waals surface area contributed by atoms with Gasteiger partial charge in [-0.15, -0.1) is 0 Å². The van der Waals surface area contributed by atoms with Crippen molar-refractivity contribution in [3.63, 3.8) is 0 Å². The van der Waals surface area contributed by atoms with Gasteiger partial charge in [0.15, 0.2) is 11.5 Å². The fraction of sp³-hybridized carbons (Fsp3) is 0.484. The van der Waals surface area contributed by atoms with Crippen molar-refractivity contribution in [3.05, 3.63) is 58.7 Å². The second-order valence-corrected chi connectivity index (χ2v) is 11.0. The highest BCUT2D eigenvalue weighted by molar-refractivity contribution is 6.46. The average Bonchev–Trinajstić information content (AvgIpc) is 3.39. The maximum atomic E-state index is 13.4. The number of hydrogen-bond acceptors (Lipinski definition) is 7. The van der Waals surface area contributed by atoms with E-state index < -0.39 is 17.7 Å². The number of carbonyl (C=O) groups is 2. The zero-order valence-corrected chi connectivity index (χ0v) is 23.8. The Morgan fingerprint density at radius 3 is 2.62 bits per heavy atom. The lowest BCUT2D eigenvalue weighted by atomic mass is 9.94. The number of ether oxygens (including phenoxy) is 3. The Morgan fingerprint density at radius 2 is 1.92 bits per heavy atom. The van der Waals surface area contributed by atoms with Gasteiger partial charge in [0, 0.05) is 18.5 Å². The van der Waals surface area contributed by atoms with Crippen LogP contribution in [0.4, 0.5) is 0 Å². The molecule has 1 saturated heterocycles. The van der Waals surface area contributed by atoms with Crippen molar-refractivity contribution in [2.24, 2.45) is 5.92 Å². The van der Waals surface area contributed by atoms with Crippen molar-refractivity contribution in [2.75, 3.05) is 40.9 Å². The van der Waals surface area contributed by atoms with Gasteiger partial charge in [0.05, 0.1) is 25.3 Å². The average molecular weight is 537 g/mol. The molecule has 2 atom stereocenters. The normalized spacial score (nSPS) is 20.1. The Hall–Kier alpha value is -3.52. The Kier molecular flexibility index (Phi) is 8.85. The van der Waals surface area contributed by atoms with Crippen LogP contribution in [0.1, 0.15) is 56.3 Å². The molecular weight excluding hydrogens is 496 g/mol. The molecule has 0 aromatic heterocycles. The number of methoxy groups -OCH3 is 1. The number of carbonyl (C=O) groups excluding carboxylic acids is 2. The molecule has 0 saturated carbocycles. The number of rotatable bonds is 11. The van der Waals surface area contributed by atoms with E-state index in [1.807, 2.05) is 50.2 Å². The number of aliphatic hydroxyl groups is 1. The van der Waals surface area contributed by atoms with Crippen LogP contribution in [0, 0.1) is 5.92 Å². The molecule has 1 amide bonds. The smallest absolute Gasteiger partial charge is 0.295 e. The van der Waals surface area contributed by atoms with Crippen LogP contribution in [0.5, 0.6) is 17.2 Å². The molecule has 4 rings (SSSR count). The number of likely N-dealkylation sites (tertiary alicyclic amines) is 1. The van der Waals surface area contributed by atoms with Gasteiger partial charge in [-0.1, -0.05) is 19.9 Å². The number of ketones is 1. The highest BCUT2D eigenvalue weighted by Crippen LogP contribution is 2.43. The summed E-state index contributed by atoms with van der Waals surface area (Å²) in [5.74, 6) is 0.895. The second-order valence-electron chi connectivity index (χ2n) is 11.0. The Balaban J connectivity index is 1.75. The van der Waals surface area contributed by atoms with Crippen LogP contribution in [-0.2, 0) is 16.0 Å². The molecule has 2 aromatic rings. The summed E-state index contributed by atoms with van der Waals surface area (Å²) in [7, 11) is 5.50. The highest BCUT2D eigenvalue weighted by Gasteiger charge is 2.46. The predicted molar refractivity (Wildman–Crippen MR) is 150 cm³/mol. The molecule has 0 spiro atoms. The fourth-order valence-corrected chi connectivity index (χ4v) is 5.12. The van der Waals surface area contributed by atoms with E-state index in [0.717, 1.165) is 24.3 Å². The summed E-state index contributed by atoms with van der Waals surface area (Å²) in [6, 6.07) is 10.1. The molecule has 8 nitrogen and oxygen atoms in total. The monoisotopic (exact) mass is 536 g/mol. The molecule has 0 radical (unpaired) electrons. The first-order valence-corrected chi connectivity index (χ1v) is 13.6. The molecular formula is C31H40N2O6. The Bertz CT molecular complexity index is 1250. The zero-order chi connectivity index (χ0) is 28.3. The number of hydrogen-bond donors (Lipinski definition) is 1. The van der Waals surface area contributed by atoms with Gasteiger partial charge in [-0.3, -0.25) is 9.59 Å². The van der Waals surface area contributed by atoms with Crippen LogP contribution in [0.3, 0.4) is 0 Å². The molecule has 1 fully saturated rings. The summed E-state index contributed by atoms with van der Waals surface area (Å²) in [4.78, 5) is 30.3. The molecule has 2 aliphatic heterocycles. The molecule has 0 aliphatic carbocycles. The summed E-state index contributed by atoms with van der Waals surface area (Å²) < 4.78 is 17.4. The van der Waals surface area contributed by atoms with E-state index in [1.165, 1.54) is 0 Å². The van der Waals surface area contributed by atoms with E-state index in [9.17, 15) is 14.7 Å². The number of aliphatic hydroxyl groups excluding tert-OH is 1. The van der Waals surface area contributed by atoms with Gasteiger partial charge < -0.3 is 29.1 Å². The van der Waals surface area contributed by atoms with Crippen molar-refractivity contribution in [2.45, 2.75) is 52.2 Å². The SMILES string of the molecule is COc1cc(C2C(=C(O)c3ccc4c(c3)CC(C)O4)C(=O)C(=O)N2CCCN(C)C)ccc1OCCC(C)C. The molecule has 2 aliphatic rings. The summed E-state index contributed by atoms with van der Waals surface area (Å²) in [5.41, 5.74) is 2.20. The number of amides is 1. The Labute approximate surface area is 231 Å². The summed E-state index contributed by atoms with van der Waals surface area (Å²) in [6.07, 6.45) is 2.35. The van der Waals surface area contributed by atoms with Crippen molar-refractivity contribution < 1.29 is 28.9 Å². The van der Waals surface area contributed by atoms with E-state index in [1.54, 1.807) is 24.1 Å². The summed E-state index contributed by atoms with van der Waals surface area (Å²) in [6.45, 7) is 7.94. The van der Waals surface area contributed by atoms with Crippen molar-refractivity contribution in [3.8, 4) is 17.2 Å². The van der Waals surface area contributed by atoms with Crippen molar-refractivity contribution >= 4 is 17.4 Å². The molecule has 2 aromatic carbocycles. The van der Waals surface area contributed by atoms with Gasteiger partial charge >= 0.3 is 0 Å². The van der Waals surface area contributed by atoms with E-state index in [4.69, 9.17) is 14.2 Å². The third kappa shape index (κ3) is 6.22. The van der Waals surface area contributed by atoms with Gasteiger partial charge in [-0.25, -0.2) is 0 Å². The number of fused-ring (bicyclic) bond motifs is 1. The van der Waals surface area contributed by atoms with Gasteiger partial charge in [0.2, 0.25) is 0 Å². The van der Waals surface area contributed by atoms with Gasteiger partial charge in [-0.05, 0) is 87.8 Å². The van der Waals surface area contributed by atoms with Crippen LogP contribution >= 0.6 is 0 Å². The van der Waals surface area contributed by atoms with Crippen LogP contribution in [0.25, 0.3) is 5.76 Å². The molecule has 8 heteroatoms. The third-order valence-corrected chi connectivity index (χ3v) is 7.17. The summed E-state index contributed by atoms with van der Waals surface area (Å²) >= 11 is 0. The minimum Gasteiger partial charge on any atom is -0.507 e. The van der Waals surface area contributed by atoms with E-state index >= 15 is 0 Å².